The molecule has 0 bridgehead atoms. The molecule has 0 amide bonds. The predicted octanol–water partition coefficient (Wildman–Crippen LogP) is 2.24. The second-order valence-corrected chi connectivity index (χ2v) is 8.71. The van der Waals surface area contributed by atoms with Gasteiger partial charge in [-0.2, -0.15) is 0 Å². The van der Waals surface area contributed by atoms with E-state index in [0.29, 0.717) is 25.0 Å². The van der Waals surface area contributed by atoms with E-state index in [0.717, 1.165) is 25.8 Å². The van der Waals surface area contributed by atoms with Gasteiger partial charge in [-0.1, -0.05) is 26.8 Å². The molecule has 2 unspecified atom stereocenters. The molecule has 1 aliphatic rings. The van der Waals surface area contributed by atoms with Crippen LogP contribution < -0.4 is 5.32 Å². The first-order chi connectivity index (χ1) is 9.16. The zero-order valence-corrected chi connectivity index (χ0v) is 14.2. The van der Waals surface area contributed by atoms with Gasteiger partial charge in [0.1, 0.15) is 0 Å². The molecule has 0 aromatic rings. The van der Waals surface area contributed by atoms with Crippen molar-refractivity contribution in [2.24, 2.45) is 11.3 Å². The van der Waals surface area contributed by atoms with Crippen LogP contribution in [0.4, 0.5) is 0 Å². The van der Waals surface area contributed by atoms with Gasteiger partial charge in [0.2, 0.25) is 10.0 Å². The number of hydrogen-bond donors (Lipinski definition) is 1. The summed E-state index contributed by atoms with van der Waals surface area (Å²) < 4.78 is 25.0. The van der Waals surface area contributed by atoms with E-state index in [1.54, 1.807) is 4.31 Å². The van der Waals surface area contributed by atoms with Crippen LogP contribution in [0.3, 0.4) is 0 Å². The second-order valence-electron chi connectivity index (χ2n) is 6.73. The molecular formula is C15H30N2O2S. The smallest absolute Gasteiger partial charge is 0.211 e. The quantitative estimate of drug-likeness (QED) is 0.734. The molecule has 20 heavy (non-hydrogen) atoms. The first kappa shape index (κ1) is 17.7. The van der Waals surface area contributed by atoms with Crippen molar-refractivity contribution in [3.8, 4) is 0 Å². The van der Waals surface area contributed by atoms with Crippen LogP contribution in [0.5, 0.6) is 0 Å². The van der Waals surface area contributed by atoms with Gasteiger partial charge in [-0.05, 0) is 30.6 Å². The van der Waals surface area contributed by atoms with Gasteiger partial charge in [-0.15, -0.1) is 6.58 Å². The van der Waals surface area contributed by atoms with Crippen molar-refractivity contribution in [1.82, 2.24) is 9.62 Å². The summed E-state index contributed by atoms with van der Waals surface area (Å²) in [5, 5.41) is 3.46. The van der Waals surface area contributed by atoms with E-state index in [4.69, 9.17) is 0 Å². The molecule has 1 rings (SSSR count). The Balaban J connectivity index is 2.63. The van der Waals surface area contributed by atoms with E-state index in [-0.39, 0.29) is 5.41 Å². The Labute approximate surface area is 124 Å². The summed E-state index contributed by atoms with van der Waals surface area (Å²) in [4.78, 5) is 0. The summed E-state index contributed by atoms with van der Waals surface area (Å²) in [6.07, 6.45) is 6.38. The van der Waals surface area contributed by atoms with Crippen molar-refractivity contribution in [3.63, 3.8) is 0 Å². The predicted molar refractivity (Wildman–Crippen MR) is 85.2 cm³/mol. The lowest BCUT2D eigenvalue weighted by molar-refractivity contribution is 0.202. The molecule has 0 aromatic heterocycles. The third kappa shape index (κ3) is 5.54. The van der Waals surface area contributed by atoms with Crippen LogP contribution in [0.15, 0.2) is 12.7 Å². The molecule has 0 spiro atoms. The molecule has 1 fully saturated rings. The minimum atomic E-state index is -3.05. The van der Waals surface area contributed by atoms with Gasteiger partial charge >= 0.3 is 0 Å². The van der Waals surface area contributed by atoms with Crippen molar-refractivity contribution in [3.05, 3.63) is 12.7 Å². The SMILES string of the molecule is C=CC(C)(CNC(C)C)CC1CCCN(S(C)(=O)=O)C1. The van der Waals surface area contributed by atoms with Crippen LogP contribution in [0.2, 0.25) is 0 Å². The zero-order chi connectivity index (χ0) is 15.4. The molecule has 2 atom stereocenters. The van der Waals surface area contributed by atoms with Crippen molar-refractivity contribution >= 4 is 10.0 Å². The van der Waals surface area contributed by atoms with E-state index in [9.17, 15) is 8.42 Å². The van der Waals surface area contributed by atoms with E-state index < -0.39 is 10.0 Å². The number of piperidine rings is 1. The van der Waals surface area contributed by atoms with Crippen molar-refractivity contribution < 1.29 is 8.42 Å². The number of nitrogens with one attached hydrogen (secondary N) is 1. The van der Waals surface area contributed by atoms with Crippen LogP contribution in [0.25, 0.3) is 0 Å². The summed E-state index contributed by atoms with van der Waals surface area (Å²) in [6.45, 7) is 12.7. The highest BCUT2D eigenvalue weighted by Crippen LogP contribution is 2.32. The fourth-order valence-corrected chi connectivity index (χ4v) is 3.76. The van der Waals surface area contributed by atoms with Gasteiger partial charge in [0, 0.05) is 25.7 Å². The Hall–Kier alpha value is -0.390. The van der Waals surface area contributed by atoms with Gasteiger partial charge < -0.3 is 5.32 Å². The van der Waals surface area contributed by atoms with E-state index in [1.807, 2.05) is 6.08 Å². The molecule has 0 radical (unpaired) electrons. The lowest BCUT2D eigenvalue weighted by atomic mass is 9.78. The highest BCUT2D eigenvalue weighted by Gasteiger charge is 2.31. The first-order valence-electron chi connectivity index (χ1n) is 7.48. The fraction of sp³-hybridized carbons (Fsp3) is 0.867. The van der Waals surface area contributed by atoms with Crippen LogP contribution in [0, 0.1) is 11.3 Å². The highest BCUT2D eigenvalue weighted by molar-refractivity contribution is 7.88. The molecule has 1 aliphatic heterocycles. The maximum atomic E-state index is 11.7. The van der Waals surface area contributed by atoms with Crippen LogP contribution >= 0.6 is 0 Å². The highest BCUT2D eigenvalue weighted by atomic mass is 32.2. The number of nitrogens with zero attached hydrogens (tertiary/aromatic N) is 1. The molecule has 0 saturated carbocycles. The molecule has 1 heterocycles. The molecule has 0 aliphatic carbocycles. The lowest BCUT2D eigenvalue weighted by Crippen LogP contribution is -2.42. The Bertz CT molecular complexity index is 420. The van der Waals surface area contributed by atoms with Gasteiger partial charge in [-0.3, -0.25) is 0 Å². The average Bonchev–Trinajstić information content (AvgIpc) is 2.36. The zero-order valence-electron chi connectivity index (χ0n) is 13.4. The minimum Gasteiger partial charge on any atom is -0.314 e. The molecule has 118 valence electrons. The normalized spacial score (nSPS) is 24.6. The van der Waals surface area contributed by atoms with Crippen LogP contribution in [-0.4, -0.2) is 44.7 Å². The van der Waals surface area contributed by atoms with Gasteiger partial charge in [0.15, 0.2) is 0 Å². The van der Waals surface area contributed by atoms with Gasteiger partial charge in [0.25, 0.3) is 0 Å². The van der Waals surface area contributed by atoms with E-state index >= 15 is 0 Å². The van der Waals surface area contributed by atoms with Crippen LogP contribution in [-0.2, 0) is 10.0 Å². The molecule has 1 N–H and O–H groups in total. The number of hydrogen-bond acceptors (Lipinski definition) is 3. The third-order valence-corrected chi connectivity index (χ3v) is 5.38. The monoisotopic (exact) mass is 302 g/mol. The Morgan fingerprint density at radius 1 is 1.50 bits per heavy atom. The van der Waals surface area contributed by atoms with Crippen molar-refractivity contribution in [2.45, 2.75) is 46.1 Å². The first-order valence-corrected chi connectivity index (χ1v) is 9.33. The van der Waals surface area contributed by atoms with E-state index in [1.165, 1.54) is 6.26 Å². The summed E-state index contributed by atoms with van der Waals surface area (Å²) in [5.41, 5.74) is 0.0233. The van der Waals surface area contributed by atoms with Gasteiger partial charge in [-0.25, -0.2) is 12.7 Å². The van der Waals surface area contributed by atoms with Crippen molar-refractivity contribution in [1.29, 1.82) is 0 Å². The largest absolute Gasteiger partial charge is 0.314 e. The maximum absolute atomic E-state index is 11.7. The summed E-state index contributed by atoms with van der Waals surface area (Å²) >= 11 is 0. The van der Waals surface area contributed by atoms with Gasteiger partial charge in [0.05, 0.1) is 6.26 Å². The average molecular weight is 302 g/mol. The Kier molecular flexibility index (Phi) is 6.23. The lowest BCUT2D eigenvalue weighted by Gasteiger charge is -2.36. The van der Waals surface area contributed by atoms with E-state index in [2.05, 4.69) is 32.7 Å². The van der Waals surface area contributed by atoms with Crippen molar-refractivity contribution in [2.75, 3.05) is 25.9 Å². The van der Waals surface area contributed by atoms with Crippen LogP contribution in [0.1, 0.15) is 40.0 Å². The fourth-order valence-electron chi connectivity index (χ4n) is 2.82. The maximum Gasteiger partial charge on any atom is 0.211 e. The Morgan fingerprint density at radius 2 is 2.15 bits per heavy atom. The summed E-state index contributed by atoms with van der Waals surface area (Å²) in [5.74, 6) is 0.426. The third-order valence-electron chi connectivity index (χ3n) is 4.11. The molecule has 0 aromatic carbocycles. The number of sulfonamides is 1. The minimum absolute atomic E-state index is 0.0233. The topological polar surface area (TPSA) is 49.4 Å². The molecule has 5 heteroatoms. The summed E-state index contributed by atoms with van der Waals surface area (Å²) in [7, 11) is -3.05. The molecular weight excluding hydrogens is 272 g/mol. The summed E-state index contributed by atoms with van der Waals surface area (Å²) in [6, 6.07) is 0.452. The number of rotatable bonds is 7. The second kappa shape index (κ2) is 7.05. The Morgan fingerprint density at radius 3 is 2.65 bits per heavy atom. The molecule has 4 nitrogen and oxygen atoms in total. The standard InChI is InChI=1S/C15H30N2O2S/c1-6-15(4,12-16-13(2)3)10-14-8-7-9-17(11-14)20(5,18)19/h6,13-14,16H,1,7-12H2,2-5H3. The molecule has 1 saturated heterocycles.